The van der Waals surface area contributed by atoms with Gasteiger partial charge in [-0.3, -0.25) is 4.40 Å². The van der Waals surface area contributed by atoms with Gasteiger partial charge < -0.3 is 10.6 Å². The smallest absolute Gasteiger partial charge is 0.195 e. The number of anilines is 1. The van der Waals surface area contributed by atoms with Crippen LogP contribution in [0.4, 0.5) is 5.82 Å². The summed E-state index contributed by atoms with van der Waals surface area (Å²) in [6.45, 7) is 6.46. The number of imidazole rings is 1. The fourth-order valence-electron chi connectivity index (χ4n) is 2.08. The van der Waals surface area contributed by atoms with Crippen molar-refractivity contribution in [2.45, 2.75) is 45.7 Å². The second-order valence-corrected chi connectivity index (χ2v) is 5.86. The maximum Gasteiger partial charge on any atom is 0.195 e. The maximum atomic E-state index is 5.96. The van der Waals surface area contributed by atoms with Crippen LogP contribution < -0.4 is 10.6 Å². The number of nitrogens with two attached hydrogens (primary N) is 1. The maximum absolute atomic E-state index is 5.96. The van der Waals surface area contributed by atoms with Crippen LogP contribution in [0.25, 0.3) is 4.96 Å². The molecule has 2 aromatic heterocycles. The molecular formula is C13H22N4S. The van der Waals surface area contributed by atoms with E-state index in [0.29, 0.717) is 6.04 Å². The van der Waals surface area contributed by atoms with E-state index in [1.807, 2.05) is 6.92 Å². The molecule has 0 saturated heterocycles. The lowest BCUT2D eigenvalue weighted by Gasteiger charge is -2.25. The monoisotopic (exact) mass is 266 g/mol. The molecule has 0 radical (unpaired) electrons. The molecule has 0 aliphatic carbocycles. The van der Waals surface area contributed by atoms with Crippen LogP contribution >= 0.6 is 11.3 Å². The molecule has 0 aliphatic rings. The molecule has 2 unspecified atom stereocenters. The van der Waals surface area contributed by atoms with Crippen LogP contribution in [-0.2, 0) is 6.42 Å². The van der Waals surface area contributed by atoms with Gasteiger partial charge in [0.15, 0.2) is 10.8 Å². The Balaban J connectivity index is 2.44. The van der Waals surface area contributed by atoms with Gasteiger partial charge in [-0.15, -0.1) is 11.3 Å². The van der Waals surface area contributed by atoms with Crippen LogP contribution in [0.2, 0.25) is 0 Å². The second-order valence-electron chi connectivity index (χ2n) is 4.99. The third kappa shape index (κ3) is 2.37. The van der Waals surface area contributed by atoms with Gasteiger partial charge in [0.25, 0.3) is 0 Å². The van der Waals surface area contributed by atoms with Crippen molar-refractivity contribution >= 4 is 22.1 Å². The Hall–Kier alpha value is -1.07. The zero-order valence-corrected chi connectivity index (χ0v) is 12.4. The number of aromatic nitrogens is 2. The van der Waals surface area contributed by atoms with E-state index >= 15 is 0 Å². The summed E-state index contributed by atoms with van der Waals surface area (Å²) in [5, 5.41) is 2.07. The molecule has 0 aromatic carbocycles. The fraction of sp³-hybridized carbons (Fsp3) is 0.615. The lowest BCUT2D eigenvalue weighted by Crippen LogP contribution is -2.30. The molecule has 0 fully saturated rings. The molecule has 2 aromatic rings. The lowest BCUT2D eigenvalue weighted by molar-refractivity contribution is 0.648. The van der Waals surface area contributed by atoms with Crippen LogP contribution in [0.15, 0.2) is 11.6 Å². The Labute approximate surface area is 112 Å². The molecule has 18 heavy (non-hydrogen) atoms. The Bertz CT molecular complexity index is 514. The Morgan fingerprint density at radius 2 is 2.22 bits per heavy atom. The molecule has 100 valence electrons. The molecule has 0 saturated carbocycles. The summed E-state index contributed by atoms with van der Waals surface area (Å²) in [5.74, 6) is 1.08. The standard InChI is InChI=1S/C13H22N4S/c1-5-10(3)16(4)12-11(8-9(2)14)17-6-7-18-13(17)15-12/h6-7,9-10H,5,8,14H2,1-4H3. The lowest BCUT2D eigenvalue weighted by atomic mass is 10.1. The normalized spacial score (nSPS) is 14.9. The van der Waals surface area contributed by atoms with Crippen LogP contribution in [0, 0.1) is 0 Å². The van der Waals surface area contributed by atoms with Gasteiger partial charge in [0, 0.05) is 37.1 Å². The highest BCUT2D eigenvalue weighted by Crippen LogP contribution is 2.26. The van der Waals surface area contributed by atoms with Crippen molar-refractivity contribution in [1.29, 1.82) is 0 Å². The first-order valence-electron chi connectivity index (χ1n) is 6.47. The zero-order chi connectivity index (χ0) is 13.3. The van der Waals surface area contributed by atoms with E-state index in [0.717, 1.165) is 23.6 Å². The van der Waals surface area contributed by atoms with Gasteiger partial charge in [-0.25, -0.2) is 4.98 Å². The third-order valence-corrected chi connectivity index (χ3v) is 4.20. The first kappa shape index (κ1) is 13.4. The number of nitrogens with zero attached hydrogens (tertiary/aromatic N) is 3. The summed E-state index contributed by atoms with van der Waals surface area (Å²) in [7, 11) is 2.12. The van der Waals surface area contributed by atoms with Crippen molar-refractivity contribution in [3.05, 3.63) is 17.3 Å². The average Bonchev–Trinajstić information content (AvgIpc) is 2.89. The van der Waals surface area contributed by atoms with Crippen LogP contribution in [0.3, 0.4) is 0 Å². The Morgan fingerprint density at radius 1 is 1.50 bits per heavy atom. The quantitative estimate of drug-likeness (QED) is 0.904. The van der Waals surface area contributed by atoms with Crippen molar-refractivity contribution in [1.82, 2.24) is 9.38 Å². The summed E-state index contributed by atoms with van der Waals surface area (Å²) in [4.78, 5) is 8.06. The van der Waals surface area contributed by atoms with Gasteiger partial charge in [0.05, 0.1) is 5.69 Å². The van der Waals surface area contributed by atoms with E-state index in [4.69, 9.17) is 10.7 Å². The minimum absolute atomic E-state index is 0.147. The van der Waals surface area contributed by atoms with Gasteiger partial charge in [-0.2, -0.15) is 0 Å². The highest BCUT2D eigenvalue weighted by Gasteiger charge is 2.19. The Morgan fingerprint density at radius 3 is 2.83 bits per heavy atom. The van der Waals surface area contributed by atoms with Gasteiger partial charge in [0.1, 0.15) is 0 Å². The Kier molecular flexibility index (Phi) is 3.92. The van der Waals surface area contributed by atoms with E-state index in [-0.39, 0.29) is 6.04 Å². The SMILES string of the molecule is CCC(C)N(C)c1nc2sccn2c1CC(C)N. The predicted molar refractivity (Wildman–Crippen MR) is 78.6 cm³/mol. The summed E-state index contributed by atoms with van der Waals surface area (Å²) in [6, 6.07) is 0.635. The van der Waals surface area contributed by atoms with E-state index in [9.17, 15) is 0 Å². The molecule has 0 amide bonds. The molecular weight excluding hydrogens is 244 g/mol. The highest BCUT2D eigenvalue weighted by molar-refractivity contribution is 7.15. The average molecular weight is 266 g/mol. The molecule has 2 heterocycles. The van der Waals surface area contributed by atoms with Gasteiger partial charge in [-0.05, 0) is 20.3 Å². The molecule has 2 N–H and O–H groups in total. The molecule has 5 heteroatoms. The summed E-state index contributed by atoms with van der Waals surface area (Å²) < 4.78 is 2.17. The number of hydrogen-bond acceptors (Lipinski definition) is 4. The van der Waals surface area contributed by atoms with E-state index in [1.165, 1.54) is 5.69 Å². The number of rotatable bonds is 5. The van der Waals surface area contributed by atoms with E-state index < -0.39 is 0 Å². The van der Waals surface area contributed by atoms with Crippen LogP contribution in [-0.4, -0.2) is 28.5 Å². The number of hydrogen-bond donors (Lipinski definition) is 1. The third-order valence-electron chi connectivity index (χ3n) is 3.44. The van der Waals surface area contributed by atoms with Crippen molar-refractivity contribution in [2.24, 2.45) is 5.73 Å². The number of fused-ring (bicyclic) bond motifs is 1. The molecule has 4 nitrogen and oxygen atoms in total. The predicted octanol–water partition coefficient (Wildman–Crippen LogP) is 2.52. The van der Waals surface area contributed by atoms with Crippen molar-refractivity contribution < 1.29 is 0 Å². The van der Waals surface area contributed by atoms with Gasteiger partial charge in [-0.1, -0.05) is 6.92 Å². The molecule has 0 aliphatic heterocycles. The summed E-state index contributed by atoms with van der Waals surface area (Å²) >= 11 is 1.67. The minimum atomic E-state index is 0.147. The van der Waals surface area contributed by atoms with E-state index in [2.05, 4.69) is 41.8 Å². The zero-order valence-electron chi connectivity index (χ0n) is 11.6. The molecule has 2 atom stereocenters. The number of thiazole rings is 1. The van der Waals surface area contributed by atoms with Crippen LogP contribution in [0.1, 0.15) is 32.9 Å². The fourth-order valence-corrected chi connectivity index (χ4v) is 2.81. The topological polar surface area (TPSA) is 46.6 Å². The largest absolute Gasteiger partial charge is 0.355 e. The van der Waals surface area contributed by atoms with Crippen molar-refractivity contribution in [3.8, 4) is 0 Å². The van der Waals surface area contributed by atoms with Crippen LogP contribution in [0.5, 0.6) is 0 Å². The first-order chi connectivity index (χ1) is 8.54. The molecule has 0 bridgehead atoms. The second kappa shape index (κ2) is 5.28. The van der Waals surface area contributed by atoms with E-state index in [1.54, 1.807) is 11.3 Å². The highest BCUT2D eigenvalue weighted by atomic mass is 32.1. The first-order valence-corrected chi connectivity index (χ1v) is 7.35. The van der Waals surface area contributed by atoms with Crippen molar-refractivity contribution in [2.75, 3.05) is 11.9 Å². The van der Waals surface area contributed by atoms with Gasteiger partial charge in [0.2, 0.25) is 0 Å². The minimum Gasteiger partial charge on any atom is -0.355 e. The van der Waals surface area contributed by atoms with Crippen molar-refractivity contribution in [3.63, 3.8) is 0 Å². The molecule has 0 spiro atoms. The summed E-state index contributed by atoms with van der Waals surface area (Å²) in [6.07, 6.45) is 4.05. The summed E-state index contributed by atoms with van der Waals surface area (Å²) in [5.41, 5.74) is 7.19. The van der Waals surface area contributed by atoms with Gasteiger partial charge >= 0.3 is 0 Å². The molecule has 2 rings (SSSR count).